The summed E-state index contributed by atoms with van der Waals surface area (Å²) in [6, 6.07) is 2.34. The van der Waals surface area contributed by atoms with Gasteiger partial charge in [-0.1, -0.05) is 6.42 Å². The van der Waals surface area contributed by atoms with Crippen molar-refractivity contribution in [3.63, 3.8) is 0 Å². The van der Waals surface area contributed by atoms with Crippen LogP contribution in [0.1, 0.15) is 31.0 Å². The first kappa shape index (κ1) is 7.61. The van der Waals surface area contributed by atoms with E-state index in [0.717, 1.165) is 12.2 Å². The molecule has 1 aromatic heterocycles. The highest BCUT2D eigenvalue weighted by Crippen LogP contribution is 2.21. The first-order valence-electron chi connectivity index (χ1n) is 4.40. The molecule has 1 aliphatic rings. The van der Waals surface area contributed by atoms with Gasteiger partial charge in [0.05, 0.1) is 5.69 Å². The second-order valence-corrected chi connectivity index (χ2v) is 3.25. The van der Waals surface area contributed by atoms with Gasteiger partial charge in [-0.2, -0.15) is 5.10 Å². The van der Waals surface area contributed by atoms with Crippen LogP contribution < -0.4 is 11.1 Å². The van der Waals surface area contributed by atoms with Crippen LogP contribution in [0.5, 0.6) is 0 Å². The summed E-state index contributed by atoms with van der Waals surface area (Å²) in [5.41, 5.74) is 6.63. The van der Waals surface area contributed by atoms with Crippen molar-refractivity contribution >= 4 is 5.82 Å². The number of piperidine rings is 1. The monoisotopic (exact) mass is 166 g/mol. The summed E-state index contributed by atoms with van der Waals surface area (Å²) in [5.74, 6) is 0.581. The summed E-state index contributed by atoms with van der Waals surface area (Å²) in [5, 5.41) is 10.3. The number of nitrogens with zero attached hydrogens (tertiary/aromatic N) is 1. The van der Waals surface area contributed by atoms with Crippen LogP contribution in [0, 0.1) is 0 Å². The predicted octanol–water partition coefficient (Wildman–Crippen LogP) is 0.806. The maximum Gasteiger partial charge on any atom is 0.145 e. The molecule has 0 aliphatic carbocycles. The number of nitrogen functional groups attached to an aromatic ring is 1. The molecule has 0 unspecified atom stereocenters. The van der Waals surface area contributed by atoms with Crippen LogP contribution in [0.15, 0.2) is 6.07 Å². The Morgan fingerprint density at radius 1 is 1.50 bits per heavy atom. The van der Waals surface area contributed by atoms with E-state index < -0.39 is 0 Å². The number of hydrogen-bond acceptors (Lipinski definition) is 3. The third-order valence-corrected chi connectivity index (χ3v) is 2.30. The van der Waals surface area contributed by atoms with Gasteiger partial charge in [0.1, 0.15) is 5.82 Å². The Balaban J connectivity index is 2.08. The lowest BCUT2D eigenvalue weighted by molar-refractivity contribution is 0.405. The van der Waals surface area contributed by atoms with Crippen molar-refractivity contribution in [2.24, 2.45) is 0 Å². The number of H-pyrrole nitrogens is 1. The molecule has 1 aliphatic heterocycles. The van der Waals surface area contributed by atoms with E-state index in [4.69, 9.17) is 5.73 Å². The highest BCUT2D eigenvalue weighted by molar-refractivity contribution is 5.29. The number of hydrogen-bond donors (Lipinski definition) is 3. The number of nitrogens with two attached hydrogens (primary N) is 1. The second-order valence-electron chi connectivity index (χ2n) is 3.25. The quantitative estimate of drug-likeness (QED) is 0.578. The minimum absolute atomic E-state index is 0.434. The average molecular weight is 166 g/mol. The van der Waals surface area contributed by atoms with Crippen LogP contribution in [0.2, 0.25) is 0 Å². The Labute approximate surface area is 71.5 Å². The van der Waals surface area contributed by atoms with E-state index in [9.17, 15) is 0 Å². The molecule has 12 heavy (non-hydrogen) atoms. The number of aromatic nitrogens is 2. The lowest BCUT2D eigenvalue weighted by atomic mass is 10.0. The molecule has 66 valence electrons. The van der Waals surface area contributed by atoms with E-state index in [2.05, 4.69) is 15.5 Å². The largest absolute Gasteiger partial charge is 0.382 e. The maximum absolute atomic E-state index is 5.52. The van der Waals surface area contributed by atoms with Crippen molar-refractivity contribution in [1.29, 1.82) is 0 Å². The third kappa shape index (κ3) is 1.43. The van der Waals surface area contributed by atoms with Crippen LogP contribution in [0.25, 0.3) is 0 Å². The number of nitrogens with one attached hydrogen (secondary N) is 2. The topological polar surface area (TPSA) is 66.7 Å². The highest BCUT2D eigenvalue weighted by atomic mass is 15.2. The first-order valence-corrected chi connectivity index (χ1v) is 4.40. The van der Waals surface area contributed by atoms with E-state index in [1.165, 1.54) is 19.3 Å². The fraction of sp³-hybridized carbons (Fsp3) is 0.625. The maximum atomic E-state index is 5.52. The summed E-state index contributed by atoms with van der Waals surface area (Å²) >= 11 is 0. The zero-order valence-corrected chi connectivity index (χ0v) is 7.01. The first-order chi connectivity index (χ1) is 5.86. The van der Waals surface area contributed by atoms with Crippen LogP contribution in [-0.2, 0) is 0 Å². The van der Waals surface area contributed by atoms with Crippen molar-refractivity contribution in [3.8, 4) is 0 Å². The molecule has 0 aromatic carbocycles. The van der Waals surface area contributed by atoms with Crippen molar-refractivity contribution < 1.29 is 0 Å². The molecule has 0 spiro atoms. The summed E-state index contributed by atoms with van der Waals surface area (Å²) in [7, 11) is 0. The van der Waals surface area contributed by atoms with Gasteiger partial charge in [-0.05, 0) is 19.4 Å². The molecule has 0 saturated carbocycles. The number of anilines is 1. The Kier molecular flexibility index (Phi) is 1.99. The molecule has 1 aromatic rings. The molecule has 4 nitrogen and oxygen atoms in total. The Hall–Kier alpha value is -1.03. The van der Waals surface area contributed by atoms with Gasteiger partial charge in [0.15, 0.2) is 0 Å². The number of rotatable bonds is 1. The zero-order chi connectivity index (χ0) is 8.39. The van der Waals surface area contributed by atoms with Gasteiger partial charge in [0.25, 0.3) is 0 Å². The van der Waals surface area contributed by atoms with Crippen molar-refractivity contribution in [1.82, 2.24) is 15.5 Å². The fourth-order valence-electron chi connectivity index (χ4n) is 1.65. The standard InChI is InChI=1S/C8H14N4/c9-8-5-7(11-12-8)6-3-1-2-4-10-6/h5-6,10H,1-4H2,(H3,9,11,12)/t6-/m0/s1. The zero-order valence-electron chi connectivity index (χ0n) is 7.01. The van der Waals surface area contributed by atoms with Crippen LogP contribution in [0.3, 0.4) is 0 Å². The lowest BCUT2D eigenvalue weighted by Crippen LogP contribution is -2.26. The minimum atomic E-state index is 0.434. The summed E-state index contributed by atoms with van der Waals surface area (Å²) in [6.45, 7) is 1.10. The molecule has 2 heterocycles. The van der Waals surface area contributed by atoms with Crippen molar-refractivity contribution in [3.05, 3.63) is 11.8 Å². The lowest BCUT2D eigenvalue weighted by Gasteiger charge is -2.21. The van der Waals surface area contributed by atoms with Crippen LogP contribution in [0.4, 0.5) is 5.82 Å². The molecular formula is C8H14N4. The number of aromatic amines is 1. The van der Waals surface area contributed by atoms with Gasteiger partial charge in [-0.25, -0.2) is 0 Å². The molecule has 1 fully saturated rings. The summed E-state index contributed by atoms with van der Waals surface area (Å²) in [4.78, 5) is 0. The summed E-state index contributed by atoms with van der Waals surface area (Å²) < 4.78 is 0. The molecule has 4 heteroatoms. The predicted molar refractivity (Wildman–Crippen MR) is 47.6 cm³/mol. The van der Waals surface area contributed by atoms with E-state index in [-0.39, 0.29) is 0 Å². The smallest absolute Gasteiger partial charge is 0.145 e. The Morgan fingerprint density at radius 2 is 2.42 bits per heavy atom. The molecule has 1 saturated heterocycles. The minimum Gasteiger partial charge on any atom is -0.382 e. The van der Waals surface area contributed by atoms with Gasteiger partial charge in [0, 0.05) is 12.1 Å². The normalized spacial score (nSPS) is 24.2. The average Bonchev–Trinajstić information content (AvgIpc) is 2.54. The molecule has 0 amide bonds. The molecule has 2 rings (SSSR count). The molecule has 0 bridgehead atoms. The van der Waals surface area contributed by atoms with Crippen molar-refractivity contribution in [2.75, 3.05) is 12.3 Å². The fourth-order valence-corrected chi connectivity index (χ4v) is 1.65. The second kappa shape index (κ2) is 3.15. The van der Waals surface area contributed by atoms with Gasteiger partial charge in [-0.15, -0.1) is 0 Å². The molecular weight excluding hydrogens is 152 g/mol. The molecule has 4 N–H and O–H groups in total. The van der Waals surface area contributed by atoms with E-state index in [1.807, 2.05) is 6.07 Å². The van der Waals surface area contributed by atoms with Crippen LogP contribution >= 0.6 is 0 Å². The SMILES string of the molecule is Nc1cc([C@@H]2CCCCN2)[nH]n1. The molecule has 0 radical (unpaired) electrons. The van der Waals surface area contributed by atoms with Gasteiger partial charge in [-0.3, -0.25) is 5.10 Å². The summed E-state index contributed by atoms with van der Waals surface area (Å²) in [6.07, 6.45) is 3.75. The van der Waals surface area contributed by atoms with Crippen molar-refractivity contribution in [2.45, 2.75) is 25.3 Å². The van der Waals surface area contributed by atoms with E-state index in [1.54, 1.807) is 0 Å². The third-order valence-electron chi connectivity index (χ3n) is 2.30. The highest BCUT2D eigenvalue weighted by Gasteiger charge is 2.15. The van der Waals surface area contributed by atoms with Gasteiger partial charge in [0.2, 0.25) is 0 Å². The van der Waals surface area contributed by atoms with Crippen LogP contribution in [-0.4, -0.2) is 16.7 Å². The molecule has 1 atom stereocenters. The van der Waals surface area contributed by atoms with E-state index >= 15 is 0 Å². The Bertz CT molecular complexity index is 249. The van der Waals surface area contributed by atoms with Gasteiger partial charge >= 0.3 is 0 Å². The van der Waals surface area contributed by atoms with E-state index in [0.29, 0.717) is 11.9 Å². The van der Waals surface area contributed by atoms with Gasteiger partial charge < -0.3 is 11.1 Å². The Morgan fingerprint density at radius 3 is 3.00 bits per heavy atom.